The number of likely N-dealkylation sites (tertiary alicyclic amines) is 1. The third kappa shape index (κ3) is 27.4. The Balaban J connectivity index is 3.44. The Bertz CT molecular complexity index is 2340. The van der Waals surface area contributed by atoms with Crippen LogP contribution in [0.3, 0.4) is 0 Å². The number of nitrogens with zero attached hydrogens (tertiary/aromatic N) is 2. The van der Waals surface area contributed by atoms with E-state index in [0.717, 1.165) is 6.42 Å². The van der Waals surface area contributed by atoms with Crippen LogP contribution in [0.4, 0.5) is 0 Å². The first kappa shape index (κ1) is 78.0. The van der Waals surface area contributed by atoms with E-state index in [-0.39, 0.29) is 98.8 Å². The van der Waals surface area contributed by atoms with E-state index < -0.39 is 118 Å². The summed E-state index contributed by atoms with van der Waals surface area (Å²) in [7, 11) is 3.77. The van der Waals surface area contributed by atoms with E-state index in [2.05, 4.69) is 47.9 Å². The summed E-state index contributed by atoms with van der Waals surface area (Å²) in [5, 5.41) is 46.7. The SMILES string of the molecule is CCC(=O)CC(O)CC(C)CC(NC(=O)C1CC(C)CN1C(=O)C=CC(C)CC)C(=O)NC(C(=O)NC(C)(C)C(=O)NC(CC(C)C)C(=O)NC(CC(C)C)C(=O)NC(C)(C)C(=O)NC(C)(C)C(=O)NCCC(=O)NC(C)CN(C)C)C(O)C(C)C. The Hall–Kier alpha value is -6.01. The minimum Gasteiger partial charge on any atom is -0.393 e. The largest absolute Gasteiger partial charge is 0.393 e. The number of carbonyl (C=O) groups excluding carboxylic acids is 11. The van der Waals surface area contributed by atoms with Crippen molar-refractivity contribution in [2.45, 2.75) is 247 Å². The number of hydrogen-bond acceptors (Lipinski definition) is 14. The minimum atomic E-state index is -1.82. The molecule has 1 aliphatic rings. The molecule has 0 aromatic heterocycles. The van der Waals surface area contributed by atoms with Crippen LogP contribution in [0.25, 0.3) is 0 Å². The van der Waals surface area contributed by atoms with E-state index in [1.54, 1.807) is 33.8 Å². The monoisotopic (exact) mass is 1220 g/mol. The third-order valence-corrected chi connectivity index (χ3v) is 15.1. The molecule has 11 N–H and O–H groups in total. The number of hydrogen-bond donors (Lipinski definition) is 11. The number of aliphatic hydroxyl groups excluding tert-OH is 2. The van der Waals surface area contributed by atoms with Gasteiger partial charge in [-0.15, -0.1) is 0 Å². The number of allylic oxidation sites excluding steroid dienone is 1. The Kier molecular flexibility index (Phi) is 32.4. The first-order chi connectivity index (χ1) is 39.6. The van der Waals surface area contributed by atoms with Crippen LogP contribution in [0.2, 0.25) is 0 Å². The van der Waals surface area contributed by atoms with Crippen LogP contribution in [0.15, 0.2) is 12.2 Å². The van der Waals surface area contributed by atoms with Crippen molar-refractivity contribution < 1.29 is 63.0 Å². The zero-order valence-corrected chi connectivity index (χ0v) is 55.5. The fourth-order valence-corrected chi connectivity index (χ4v) is 9.77. The van der Waals surface area contributed by atoms with Crippen LogP contribution < -0.4 is 47.9 Å². The minimum absolute atomic E-state index is 0.00837. The molecule has 11 unspecified atom stereocenters. The normalized spacial score (nSPS) is 18.0. The standard InChI is InChI=1S/C62H111N11O13/c1-21-38(9)23-24-49(77)73-33-40(11)31-47(73)55(82)66-46(30-39(10)29-43(75)32-42(74)22-2)53(80)68-50(51(78)37(7)8)56(83)70-61(15,16)58(85)67-44(27-35(3)4)52(79)65-45(28-36(5)6)54(81)69-62(17,18)59(86)71-60(13,14)57(84)63-26-25-48(76)64-41(12)34-72(19)20/h23-24,35-41,43-47,50-51,75,78H,21-22,25-34H2,1-20H3,(H,63,84)(H,64,76)(H,65,79)(H,66,82)(H,67,85)(H,68,80)(H,69,81)(H,70,83)(H,71,86). The highest BCUT2D eigenvalue weighted by molar-refractivity contribution is 6.00. The molecule has 1 saturated heterocycles. The molecule has 11 atom stereocenters. The van der Waals surface area contributed by atoms with Gasteiger partial charge in [-0.25, -0.2) is 0 Å². The Morgan fingerprint density at radius 3 is 1.69 bits per heavy atom. The van der Waals surface area contributed by atoms with Gasteiger partial charge in [0, 0.05) is 44.9 Å². The fraction of sp³-hybridized carbons (Fsp3) is 0.790. The van der Waals surface area contributed by atoms with Crippen molar-refractivity contribution in [3.8, 4) is 0 Å². The summed E-state index contributed by atoms with van der Waals surface area (Å²) in [6.07, 6.45) is 2.07. The van der Waals surface area contributed by atoms with E-state index in [0.29, 0.717) is 19.5 Å². The van der Waals surface area contributed by atoms with Gasteiger partial charge in [0.15, 0.2) is 0 Å². The number of Topliss-reactive ketones (excluding diaryl/α,β-unsaturated/α-hetero) is 1. The molecule has 0 bridgehead atoms. The van der Waals surface area contributed by atoms with Gasteiger partial charge in [0.25, 0.3) is 0 Å². The topological polar surface area (TPSA) is 343 Å². The smallest absolute Gasteiger partial charge is 0.246 e. The maximum atomic E-state index is 14.6. The predicted octanol–water partition coefficient (Wildman–Crippen LogP) is 2.28. The van der Waals surface area contributed by atoms with Gasteiger partial charge in [-0.2, -0.15) is 0 Å². The number of nitrogens with one attached hydrogen (secondary N) is 9. The van der Waals surface area contributed by atoms with Crippen molar-refractivity contribution in [1.82, 2.24) is 57.7 Å². The Morgan fingerprint density at radius 2 is 1.15 bits per heavy atom. The van der Waals surface area contributed by atoms with E-state index in [1.165, 1.54) is 52.5 Å². The van der Waals surface area contributed by atoms with Gasteiger partial charge in [0.2, 0.25) is 59.1 Å². The zero-order valence-electron chi connectivity index (χ0n) is 55.5. The average Bonchev–Trinajstić information content (AvgIpc) is 3.94. The van der Waals surface area contributed by atoms with Gasteiger partial charge in [-0.05, 0) is 136 Å². The van der Waals surface area contributed by atoms with Crippen molar-refractivity contribution >= 4 is 64.9 Å². The van der Waals surface area contributed by atoms with Crippen LogP contribution in [-0.4, -0.2) is 184 Å². The molecular weight excluding hydrogens is 1110 g/mol. The highest BCUT2D eigenvalue weighted by atomic mass is 16.3. The van der Waals surface area contributed by atoms with E-state index in [4.69, 9.17) is 0 Å². The molecule has 0 aromatic carbocycles. The molecule has 10 amide bonds. The lowest BCUT2D eigenvalue weighted by Crippen LogP contribution is -2.66. The van der Waals surface area contributed by atoms with Crippen molar-refractivity contribution in [1.29, 1.82) is 0 Å². The average molecular weight is 1220 g/mol. The van der Waals surface area contributed by atoms with Gasteiger partial charge in [-0.3, -0.25) is 52.7 Å². The number of rotatable bonds is 37. The Morgan fingerprint density at radius 1 is 0.628 bits per heavy atom. The van der Waals surface area contributed by atoms with Gasteiger partial charge < -0.3 is 67.9 Å². The maximum absolute atomic E-state index is 14.6. The van der Waals surface area contributed by atoms with E-state index in [9.17, 15) is 63.0 Å². The van der Waals surface area contributed by atoms with Crippen LogP contribution in [0.5, 0.6) is 0 Å². The lowest BCUT2D eigenvalue weighted by molar-refractivity contribution is -0.140. The van der Waals surface area contributed by atoms with Crippen molar-refractivity contribution in [2.75, 3.05) is 33.7 Å². The van der Waals surface area contributed by atoms with Crippen molar-refractivity contribution in [3.05, 3.63) is 12.2 Å². The lowest BCUT2D eigenvalue weighted by atomic mass is 9.92. The van der Waals surface area contributed by atoms with Crippen molar-refractivity contribution in [3.63, 3.8) is 0 Å². The number of likely N-dealkylation sites (N-methyl/N-ethyl adjacent to an activating group) is 1. The number of carbonyl (C=O) groups is 11. The molecule has 24 nitrogen and oxygen atoms in total. The number of aliphatic hydroxyl groups is 2. The number of amides is 10. The molecule has 0 aliphatic carbocycles. The molecule has 0 radical (unpaired) electrons. The third-order valence-electron chi connectivity index (χ3n) is 15.1. The van der Waals surface area contributed by atoms with Gasteiger partial charge >= 0.3 is 0 Å². The molecular formula is C62H111N11O13. The molecule has 492 valence electrons. The zero-order chi connectivity index (χ0) is 66.4. The molecule has 0 aromatic rings. The summed E-state index contributed by atoms with van der Waals surface area (Å²) in [6.45, 7) is 31.1. The molecule has 24 heteroatoms. The summed E-state index contributed by atoms with van der Waals surface area (Å²) in [5.74, 6) is -8.25. The van der Waals surface area contributed by atoms with E-state index >= 15 is 0 Å². The summed E-state index contributed by atoms with van der Waals surface area (Å²) in [5.41, 5.74) is -4.93. The second-order valence-corrected chi connectivity index (χ2v) is 27.1. The summed E-state index contributed by atoms with van der Waals surface area (Å²) >= 11 is 0. The van der Waals surface area contributed by atoms with E-state index in [1.807, 2.05) is 74.4 Å². The quantitative estimate of drug-likeness (QED) is 0.0398. The molecule has 1 fully saturated rings. The number of ketones is 1. The first-order valence-corrected chi connectivity index (χ1v) is 30.8. The fourth-order valence-electron chi connectivity index (χ4n) is 9.77. The molecule has 86 heavy (non-hydrogen) atoms. The highest BCUT2D eigenvalue weighted by Gasteiger charge is 2.43. The molecule has 1 rings (SSSR count). The van der Waals surface area contributed by atoms with Crippen molar-refractivity contribution in [2.24, 2.45) is 35.5 Å². The second-order valence-electron chi connectivity index (χ2n) is 27.1. The second kappa shape index (κ2) is 35.7. The van der Waals surface area contributed by atoms with Crippen LogP contribution >= 0.6 is 0 Å². The summed E-state index contributed by atoms with van der Waals surface area (Å²) < 4.78 is 0. The molecule has 0 spiro atoms. The summed E-state index contributed by atoms with van der Waals surface area (Å²) in [6, 6.07) is -6.61. The van der Waals surface area contributed by atoms with Crippen LogP contribution in [0, 0.1) is 35.5 Å². The predicted molar refractivity (Wildman–Crippen MR) is 330 cm³/mol. The lowest BCUT2D eigenvalue weighted by Gasteiger charge is -2.34. The van der Waals surface area contributed by atoms with Gasteiger partial charge in [0.1, 0.15) is 52.6 Å². The highest BCUT2D eigenvalue weighted by Crippen LogP contribution is 2.25. The van der Waals surface area contributed by atoms with Gasteiger partial charge in [-0.1, -0.05) is 88.7 Å². The Labute approximate surface area is 512 Å². The maximum Gasteiger partial charge on any atom is 0.246 e. The molecule has 1 heterocycles. The van der Waals surface area contributed by atoms with Crippen LogP contribution in [-0.2, 0) is 52.7 Å². The first-order valence-electron chi connectivity index (χ1n) is 30.8. The van der Waals surface area contributed by atoms with Gasteiger partial charge in [0.05, 0.1) is 12.2 Å². The van der Waals surface area contributed by atoms with Crippen LogP contribution in [0.1, 0.15) is 182 Å². The molecule has 1 aliphatic heterocycles. The molecule has 0 saturated carbocycles. The summed E-state index contributed by atoms with van der Waals surface area (Å²) in [4.78, 5) is 154.